The second-order valence-corrected chi connectivity index (χ2v) is 6.17. The van der Waals surface area contributed by atoms with Gasteiger partial charge in [0.25, 0.3) is 0 Å². The van der Waals surface area contributed by atoms with Gasteiger partial charge in [0.1, 0.15) is 0 Å². The highest BCUT2D eigenvalue weighted by Gasteiger charge is 2.14. The van der Waals surface area contributed by atoms with Crippen LogP contribution in [0.1, 0.15) is 27.7 Å². The average Bonchev–Trinajstić information content (AvgIpc) is 2.17. The van der Waals surface area contributed by atoms with E-state index in [1.807, 2.05) is 12.2 Å². The van der Waals surface area contributed by atoms with Gasteiger partial charge in [-0.1, -0.05) is 39.8 Å². The van der Waals surface area contributed by atoms with E-state index < -0.39 is 0 Å². The van der Waals surface area contributed by atoms with Crippen molar-refractivity contribution in [1.29, 1.82) is 0 Å². The van der Waals surface area contributed by atoms with Crippen molar-refractivity contribution >= 4 is 24.1 Å². The largest absolute Gasteiger partial charge is 0.246 e. The third-order valence-corrected chi connectivity index (χ3v) is 4.63. The lowest BCUT2D eigenvalue weighted by Gasteiger charge is -2.18. The van der Waals surface area contributed by atoms with Crippen molar-refractivity contribution in [3.05, 3.63) is 25.3 Å². The Morgan fingerprint density at radius 3 is 1.40 bits per heavy atom. The lowest BCUT2D eigenvalue weighted by atomic mass is 10.1. The monoisotopic (exact) mass is 246 g/mol. The molecule has 0 heterocycles. The molecule has 3 heteroatoms. The first-order chi connectivity index (χ1) is 7.02. The summed E-state index contributed by atoms with van der Waals surface area (Å²) in [6, 6.07) is 0. The summed E-state index contributed by atoms with van der Waals surface area (Å²) >= 11 is 2.98. The van der Waals surface area contributed by atoms with Gasteiger partial charge in [-0.25, -0.2) is 3.63 Å². The van der Waals surface area contributed by atoms with Gasteiger partial charge in [0.15, 0.2) is 0 Å². The third-order valence-electron chi connectivity index (χ3n) is 2.08. The summed E-state index contributed by atoms with van der Waals surface area (Å²) in [5, 5.41) is 0.713. The predicted molar refractivity (Wildman–Crippen MR) is 73.9 cm³/mol. The van der Waals surface area contributed by atoms with Gasteiger partial charge in [-0.2, -0.15) is 0 Å². The molecule has 0 saturated heterocycles. The summed E-state index contributed by atoms with van der Waals surface area (Å²) in [5.74, 6) is 1.10. The Morgan fingerprint density at radius 2 is 1.20 bits per heavy atom. The molecule has 0 aromatic rings. The third kappa shape index (κ3) is 6.33. The zero-order chi connectivity index (χ0) is 11.8. The Kier molecular flexibility index (Phi) is 8.39. The van der Waals surface area contributed by atoms with Gasteiger partial charge in [0.05, 0.1) is 10.5 Å². The first-order valence-corrected chi connectivity index (χ1v) is 6.87. The molecule has 0 aromatic heterocycles. The van der Waals surface area contributed by atoms with E-state index in [2.05, 4.69) is 40.9 Å². The smallest absolute Gasteiger partial charge is 0.0524 e. The van der Waals surface area contributed by atoms with E-state index >= 15 is 0 Å². The van der Waals surface area contributed by atoms with Crippen molar-refractivity contribution in [3.63, 3.8) is 0 Å². The highest BCUT2D eigenvalue weighted by molar-refractivity contribution is 8.08. The van der Waals surface area contributed by atoms with Crippen LogP contribution in [0.3, 0.4) is 0 Å². The fourth-order valence-electron chi connectivity index (χ4n) is 0.959. The van der Waals surface area contributed by atoms with Gasteiger partial charge in [-0.15, -0.1) is 13.2 Å². The minimum absolute atomic E-state index is 0.357. The summed E-state index contributed by atoms with van der Waals surface area (Å²) < 4.78 is 5.55. The molecule has 0 rings (SSSR count). The highest BCUT2D eigenvalue weighted by Crippen LogP contribution is 2.30. The molecule has 0 aliphatic heterocycles. The molecule has 0 saturated carbocycles. The molecule has 0 aliphatic carbocycles. The quantitative estimate of drug-likeness (QED) is 0.453. The van der Waals surface area contributed by atoms with Crippen molar-refractivity contribution in [2.75, 3.05) is 0 Å². The van der Waals surface area contributed by atoms with Crippen molar-refractivity contribution in [2.45, 2.75) is 38.2 Å². The molecule has 1 nitrogen and oxygen atoms in total. The Morgan fingerprint density at radius 1 is 0.867 bits per heavy atom. The Bertz CT molecular complexity index is 170. The summed E-state index contributed by atoms with van der Waals surface area (Å²) in [6.45, 7) is 16.3. The van der Waals surface area contributed by atoms with Crippen LogP contribution in [0.2, 0.25) is 0 Å². The maximum Gasteiger partial charge on any atom is 0.0524 e. The number of hydrogen-bond acceptors (Lipinski definition) is 3. The van der Waals surface area contributed by atoms with Crippen molar-refractivity contribution in [3.8, 4) is 0 Å². The predicted octanol–water partition coefficient (Wildman–Crippen LogP) is 4.72. The Balaban J connectivity index is 3.85. The van der Waals surface area contributed by atoms with Crippen LogP contribution in [0.5, 0.6) is 0 Å². The zero-order valence-electron chi connectivity index (χ0n) is 10.1. The van der Waals surface area contributed by atoms with Gasteiger partial charge < -0.3 is 0 Å². The summed E-state index contributed by atoms with van der Waals surface area (Å²) in [5.41, 5.74) is 0. The maximum absolute atomic E-state index is 5.55. The maximum atomic E-state index is 5.55. The average molecular weight is 246 g/mol. The summed E-state index contributed by atoms with van der Waals surface area (Å²) in [7, 11) is 0. The minimum Gasteiger partial charge on any atom is -0.246 e. The van der Waals surface area contributed by atoms with Gasteiger partial charge in [0, 0.05) is 24.1 Å². The van der Waals surface area contributed by atoms with Crippen LogP contribution in [0.15, 0.2) is 25.3 Å². The topological polar surface area (TPSA) is 9.23 Å². The molecular weight excluding hydrogens is 224 g/mol. The Labute approximate surface area is 103 Å². The van der Waals surface area contributed by atoms with E-state index in [4.69, 9.17) is 3.63 Å². The minimum atomic E-state index is 0.357. The van der Waals surface area contributed by atoms with E-state index in [0.717, 1.165) is 0 Å². The molecule has 0 N–H and O–H groups in total. The second kappa shape index (κ2) is 8.31. The molecule has 88 valence electrons. The fraction of sp³-hybridized carbons (Fsp3) is 0.667. The van der Waals surface area contributed by atoms with E-state index in [-0.39, 0.29) is 0 Å². The van der Waals surface area contributed by atoms with E-state index in [0.29, 0.717) is 22.3 Å². The lowest BCUT2D eigenvalue weighted by Crippen LogP contribution is -2.10. The van der Waals surface area contributed by atoms with Crippen LogP contribution in [-0.2, 0) is 3.63 Å². The molecule has 15 heavy (non-hydrogen) atoms. The van der Waals surface area contributed by atoms with Crippen LogP contribution in [-0.4, -0.2) is 10.5 Å². The van der Waals surface area contributed by atoms with Crippen LogP contribution in [0.4, 0.5) is 0 Å². The molecular formula is C12H22OS2. The van der Waals surface area contributed by atoms with Crippen molar-refractivity contribution in [1.82, 2.24) is 0 Å². The first kappa shape index (κ1) is 15.1. The van der Waals surface area contributed by atoms with Gasteiger partial charge >= 0.3 is 0 Å². The molecule has 0 fully saturated rings. The van der Waals surface area contributed by atoms with E-state index in [1.54, 1.807) is 0 Å². The standard InChI is InChI=1S/C12H22OS2/c1-7-11(9(3)4)14-13-15-12(8-2)10(5)6/h7-12H,1-2H2,3-6H3. The van der Waals surface area contributed by atoms with Gasteiger partial charge in [-0.05, 0) is 11.8 Å². The molecule has 0 amide bonds. The molecule has 0 aromatic carbocycles. The van der Waals surface area contributed by atoms with Crippen molar-refractivity contribution < 1.29 is 3.63 Å². The van der Waals surface area contributed by atoms with Crippen LogP contribution >= 0.6 is 24.1 Å². The number of rotatable bonds is 8. The summed E-state index contributed by atoms with van der Waals surface area (Å²) in [6.07, 6.45) is 3.88. The van der Waals surface area contributed by atoms with Gasteiger partial charge in [0.2, 0.25) is 0 Å². The Hall–Kier alpha value is 0.140. The molecule has 0 radical (unpaired) electrons. The highest BCUT2D eigenvalue weighted by atomic mass is 32.2. The number of hydrogen-bond donors (Lipinski definition) is 0. The lowest BCUT2D eigenvalue weighted by molar-refractivity contribution is 0.628. The fourth-order valence-corrected chi connectivity index (χ4v) is 2.47. The molecule has 2 unspecified atom stereocenters. The van der Waals surface area contributed by atoms with E-state index in [9.17, 15) is 0 Å². The molecule has 2 atom stereocenters. The van der Waals surface area contributed by atoms with E-state index in [1.165, 1.54) is 24.1 Å². The summed E-state index contributed by atoms with van der Waals surface area (Å²) in [4.78, 5) is 0. The zero-order valence-corrected chi connectivity index (χ0v) is 11.7. The van der Waals surface area contributed by atoms with Gasteiger partial charge in [-0.3, -0.25) is 0 Å². The normalized spacial score (nSPS) is 15.3. The van der Waals surface area contributed by atoms with Crippen LogP contribution < -0.4 is 0 Å². The second-order valence-electron chi connectivity index (χ2n) is 4.15. The SMILES string of the molecule is C=CC(SOSC(C=C)C(C)C)C(C)C. The molecule has 0 bridgehead atoms. The first-order valence-electron chi connectivity index (χ1n) is 5.26. The van der Waals surface area contributed by atoms with Crippen LogP contribution in [0.25, 0.3) is 0 Å². The van der Waals surface area contributed by atoms with Crippen LogP contribution in [0, 0.1) is 11.8 Å². The van der Waals surface area contributed by atoms with Crippen molar-refractivity contribution in [2.24, 2.45) is 11.8 Å². The molecule has 0 spiro atoms. The molecule has 0 aliphatic rings.